The zero-order valence-corrected chi connectivity index (χ0v) is 15.1. The van der Waals surface area contributed by atoms with Crippen LogP contribution in [0.5, 0.6) is 0 Å². The van der Waals surface area contributed by atoms with Crippen LogP contribution in [0.15, 0.2) is 29.2 Å². The van der Waals surface area contributed by atoms with Crippen molar-refractivity contribution >= 4 is 11.6 Å². The number of fused-ring (bicyclic) bond motifs is 1. The zero-order valence-electron chi connectivity index (χ0n) is 15.1. The highest BCUT2D eigenvalue weighted by Gasteiger charge is 2.22. The molecule has 1 fully saturated rings. The fourth-order valence-electron chi connectivity index (χ4n) is 3.47. The van der Waals surface area contributed by atoms with Gasteiger partial charge in [-0.1, -0.05) is 25.3 Å². The average Bonchev–Trinajstić information content (AvgIpc) is 2.96. The number of aromatic nitrogens is 3. The predicted octanol–water partition coefficient (Wildman–Crippen LogP) is 1.22. The predicted molar refractivity (Wildman–Crippen MR) is 96.6 cm³/mol. The van der Waals surface area contributed by atoms with Crippen LogP contribution in [0.25, 0.3) is 5.65 Å². The van der Waals surface area contributed by atoms with Crippen molar-refractivity contribution < 1.29 is 4.79 Å². The Hall–Kier alpha value is -2.15. The lowest BCUT2D eigenvalue weighted by Crippen LogP contribution is -2.44. The Morgan fingerprint density at radius 3 is 2.72 bits per heavy atom. The fourth-order valence-corrected chi connectivity index (χ4v) is 3.47. The first-order valence-electron chi connectivity index (χ1n) is 9.04. The molecule has 7 heteroatoms. The van der Waals surface area contributed by atoms with Crippen LogP contribution in [0, 0.1) is 0 Å². The second-order valence-corrected chi connectivity index (χ2v) is 6.97. The van der Waals surface area contributed by atoms with Crippen LogP contribution < -0.4 is 5.69 Å². The number of rotatable bonds is 6. The van der Waals surface area contributed by atoms with Crippen LogP contribution in [0.3, 0.4) is 0 Å². The SMILES string of the molecule is CN(CCn1nc2ccccn2c1=O)CC(=O)N(C)C1CCCCC1. The third kappa shape index (κ3) is 4.10. The quantitative estimate of drug-likeness (QED) is 0.790. The second kappa shape index (κ2) is 7.82. The number of carbonyl (C=O) groups excluding carboxylic acids is 1. The van der Waals surface area contributed by atoms with E-state index in [-0.39, 0.29) is 11.6 Å². The molecule has 7 nitrogen and oxygen atoms in total. The Morgan fingerprint density at radius 2 is 2.00 bits per heavy atom. The third-order valence-corrected chi connectivity index (χ3v) is 5.10. The standard InChI is InChI=1S/C18H27N5O2/c1-20(14-17(24)21(2)15-8-4-3-5-9-15)12-13-23-18(25)22-11-7-6-10-16(22)19-23/h6-7,10-11,15H,3-5,8-9,12-14H2,1-2H3. The van der Waals surface area contributed by atoms with Crippen molar-refractivity contribution in [2.24, 2.45) is 0 Å². The van der Waals surface area contributed by atoms with Gasteiger partial charge in [0.05, 0.1) is 13.1 Å². The van der Waals surface area contributed by atoms with Crippen LogP contribution in [0.4, 0.5) is 0 Å². The molecule has 0 bridgehead atoms. The van der Waals surface area contributed by atoms with Gasteiger partial charge in [0.25, 0.3) is 0 Å². The summed E-state index contributed by atoms with van der Waals surface area (Å²) in [6.07, 6.45) is 7.66. The van der Waals surface area contributed by atoms with Crippen molar-refractivity contribution in [1.29, 1.82) is 0 Å². The van der Waals surface area contributed by atoms with E-state index in [0.29, 0.717) is 31.3 Å². The van der Waals surface area contributed by atoms with Crippen LogP contribution in [-0.4, -0.2) is 63.1 Å². The van der Waals surface area contributed by atoms with E-state index in [4.69, 9.17) is 0 Å². The lowest BCUT2D eigenvalue weighted by Gasteiger charge is -2.32. The normalized spacial score (nSPS) is 15.8. The van der Waals surface area contributed by atoms with E-state index in [1.165, 1.54) is 28.3 Å². The summed E-state index contributed by atoms with van der Waals surface area (Å²) >= 11 is 0. The highest BCUT2D eigenvalue weighted by molar-refractivity contribution is 5.78. The van der Waals surface area contributed by atoms with E-state index in [2.05, 4.69) is 5.10 Å². The average molecular weight is 345 g/mol. The Morgan fingerprint density at radius 1 is 1.24 bits per heavy atom. The highest BCUT2D eigenvalue weighted by atomic mass is 16.2. The molecular weight excluding hydrogens is 318 g/mol. The van der Waals surface area contributed by atoms with Gasteiger partial charge in [0.1, 0.15) is 0 Å². The maximum absolute atomic E-state index is 12.5. The van der Waals surface area contributed by atoms with Crippen LogP contribution in [0.1, 0.15) is 32.1 Å². The van der Waals surface area contributed by atoms with E-state index in [1.54, 1.807) is 6.20 Å². The van der Waals surface area contributed by atoms with E-state index in [1.807, 2.05) is 42.1 Å². The summed E-state index contributed by atoms with van der Waals surface area (Å²) in [5.74, 6) is 0.150. The Kier molecular flexibility index (Phi) is 5.53. The summed E-state index contributed by atoms with van der Waals surface area (Å²) in [5, 5.41) is 4.32. The van der Waals surface area contributed by atoms with Gasteiger partial charge in [-0.15, -0.1) is 5.10 Å². The first-order valence-corrected chi connectivity index (χ1v) is 9.04. The van der Waals surface area contributed by atoms with Gasteiger partial charge in [0.2, 0.25) is 5.91 Å². The lowest BCUT2D eigenvalue weighted by molar-refractivity contribution is -0.133. The molecule has 1 saturated carbocycles. The van der Waals surface area contributed by atoms with Gasteiger partial charge in [0.15, 0.2) is 5.65 Å². The van der Waals surface area contributed by atoms with Crippen molar-refractivity contribution in [3.05, 3.63) is 34.9 Å². The largest absolute Gasteiger partial charge is 0.350 e. The number of nitrogens with zero attached hydrogens (tertiary/aromatic N) is 5. The van der Waals surface area contributed by atoms with Gasteiger partial charge in [0, 0.05) is 25.8 Å². The molecule has 2 heterocycles. The summed E-state index contributed by atoms with van der Waals surface area (Å²) in [6, 6.07) is 5.87. The van der Waals surface area contributed by atoms with Crippen molar-refractivity contribution in [3.63, 3.8) is 0 Å². The topological polar surface area (TPSA) is 62.9 Å². The fraction of sp³-hybridized carbons (Fsp3) is 0.611. The number of amides is 1. The first kappa shape index (κ1) is 17.7. The van der Waals surface area contributed by atoms with E-state index in [9.17, 15) is 9.59 Å². The van der Waals surface area contributed by atoms with Crippen molar-refractivity contribution in [2.75, 3.05) is 27.2 Å². The van der Waals surface area contributed by atoms with Crippen LogP contribution >= 0.6 is 0 Å². The first-order chi connectivity index (χ1) is 12.1. The maximum Gasteiger partial charge on any atom is 0.350 e. The van der Waals surface area contributed by atoms with Gasteiger partial charge in [-0.3, -0.25) is 14.1 Å². The second-order valence-electron chi connectivity index (χ2n) is 6.97. The zero-order chi connectivity index (χ0) is 17.8. The number of hydrogen-bond acceptors (Lipinski definition) is 4. The number of carbonyl (C=O) groups is 1. The van der Waals surface area contributed by atoms with Gasteiger partial charge < -0.3 is 4.90 Å². The molecule has 2 aromatic rings. The Bertz CT molecular complexity index is 775. The summed E-state index contributed by atoms with van der Waals surface area (Å²) in [6.45, 7) is 1.45. The monoisotopic (exact) mass is 345 g/mol. The number of pyridine rings is 1. The molecule has 0 spiro atoms. The molecule has 1 aliphatic carbocycles. The molecule has 3 rings (SSSR count). The molecule has 0 unspecified atom stereocenters. The molecule has 0 aliphatic heterocycles. The summed E-state index contributed by atoms with van der Waals surface area (Å²) in [4.78, 5) is 28.6. The maximum atomic E-state index is 12.5. The summed E-state index contributed by atoms with van der Waals surface area (Å²) in [7, 11) is 3.83. The molecule has 0 aromatic carbocycles. The number of likely N-dealkylation sites (N-methyl/N-ethyl adjacent to an activating group) is 2. The molecule has 25 heavy (non-hydrogen) atoms. The summed E-state index contributed by atoms with van der Waals surface area (Å²) in [5.41, 5.74) is 0.498. The third-order valence-electron chi connectivity index (χ3n) is 5.10. The minimum atomic E-state index is -0.144. The molecular formula is C18H27N5O2. The van der Waals surface area contributed by atoms with Crippen molar-refractivity contribution in [2.45, 2.75) is 44.7 Å². The molecule has 0 atom stereocenters. The molecule has 0 N–H and O–H groups in total. The highest BCUT2D eigenvalue weighted by Crippen LogP contribution is 2.21. The number of hydrogen-bond donors (Lipinski definition) is 0. The molecule has 1 amide bonds. The van der Waals surface area contributed by atoms with Gasteiger partial charge in [-0.05, 0) is 32.0 Å². The minimum Gasteiger partial charge on any atom is -0.342 e. The summed E-state index contributed by atoms with van der Waals surface area (Å²) < 4.78 is 2.99. The lowest BCUT2D eigenvalue weighted by atomic mass is 9.94. The van der Waals surface area contributed by atoms with Crippen LogP contribution in [0.2, 0.25) is 0 Å². The van der Waals surface area contributed by atoms with Crippen molar-refractivity contribution in [1.82, 2.24) is 24.0 Å². The minimum absolute atomic E-state index is 0.144. The molecule has 0 saturated heterocycles. The Labute approximate surface area is 147 Å². The van der Waals surface area contributed by atoms with Crippen LogP contribution in [-0.2, 0) is 11.3 Å². The Balaban J connectivity index is 1.53. The van der Waals surface area contributed by atoms with Gasteiger partial charge >= 0.3 is 5.69 Å². The smallest absolute Gasteiger partial charge is 0.342 e. The van der Waals surface area contributed by atoms with Gasteiger partial charge in [-0.2, -0.15) is 0 Å². The molecule has 1 aliphatic rings. The molecule has 0 radical (unpaired) electrons. The molecule has 2 aromatic heterocycles. The van der Waals surface area contributed by atoms with E-state index >= 15 is 0 Å². The van der Waals surface area contributed by atoms with Crippen molar-refractivity contribution in [3.8, 4) is 0 Å². The van der Waals surface area contributed by atoms with Gasteiger partial charge in [-0.25, -0.2) is 9.48 Å². The van der Waals surface area contributed by atoms with E-state index < -0.39 is 0 Å². The van der Waals surface area contributed by atoms with E-state index in [0.717, 1.165) is 12.8 Å². The molecule has 136 valence electrons.